The minimum absolute atomic E-state index is 0. The molecule has 1 atom stereocenters. The van der Waals surface area contributed by atoms with Crippen molar-refractivity contribution in [3.8, 4) is 0 Å². The summed E-state index contributed by atoms with van der Waals surface area (Å²) in [5.74, 6) is 1.93. The Morgan fingerprint density at radius 3 is 2.87 bits per heavy atom. The maximum absolute atomic E-state index is 4.19. The van der Waals surface area contributed by atoms with E-state index in [4.69, 9.17) is 0 Å². The molecular formula is C10H16ClN3S. The van der Waals surface area contributed by atoms with Crippen LogP contribution < -0.4 is 5.32 Å². The fourth-order valence-corrected chi connectivity index (χ4v) is 2.56. The van der Waals surface area contributed by atoms with Crippen molar-refractivity contribution >= 4 is 24.2 Å². The van der Waals surface area contributed by atoms with Crippen LogP contribution in [0.25, 0.3) is 0 Å². The standard InChI is InChI=1S/C10H15N3S.ClH/c1-3-9(7-11-4-1)8-14-10-12-5-2-6-13-10;/h2,5-6,9,11H,1,3-4,7-8H2;1H. The van der Waals surface area contributed by atoms with Crippen molar-refractivity contribution in [1.82, 2.24) is 15.3 Å². The Hall–Kier alpha value is -0.320. The normalized spacial score (nSPS) is 20.7. The second kappa shape index (κ2) is 7.04. The lowest BCUT2D eigenvalue weighted by Gasteiger charge is -2.21. The maximum Gasteiger partial charge on any atom is 0.187 e. The topological polar surface area (TPSA) is 37.8 Å². The Bertz CT molecular complexity index is 265. The summed E-state index contributed by atoms with van der Waals surface area (Å²) in [4.78, 5) is 8.39. The van der Waals surface area contributed by atoms with Gasteiger partial charge < -0.3 is 5.32 Å². The Morgan fingerprint density at radius 1 is 1.40 bits per heavy atom. The molecule has 0 aromatic carbocycles. The highest BCUT2D eigenvalue weighted by molar-refractivity contribution is 7.99. The Balaban J connectivity index is 0.00000112. The second-order valence-electron chi connectivity index (χ2n) is 3.55. The van der Waals surface area contributed by atoms with Crippen LogP contribution in [-0.4, -0.2) is 28.8 Å². The summed E-state index contributed by atoms with van der Waals surface area (Å²) < 4.78 is 0. The number of thioether (sulfide) groups is 1. The van der Waals surface area contributed by atoms with Gasteiger partial charge >= 0.3 is 0 Å². The smallest absolute Gasteiger partial charge is 0.187 e. The monoisotopic (exact) mass is 245 g/mol. The molecule has 15 heavy (non-hydrogen) atoms. The highest BCUT2D eigenvalue weighted by atomic mass is 35.5. The van der Waals surface area contributed by atoms with Crippen molar-refractivity contribution in [3.63, 3.8) is 0 Å². The lowest BCUT2D eigenvalue weighted by molar-refractivity contribution is 0.410. The van der Waals surface area contributed by atoms with Crippen LogP contribution in [0.5, 0.6) is 0 Å². The minimum Gasteiger partial charge on any atom is -0.316 e. The van der Waals surface area contributed by atoms with E-state index in [0.717, 1.165) is 23.4 Å². The van der Waals surface area contributed by atoms with E-state index in [1.807, 2.05) is 6.07 Å². The van der Waals surface area contributed by atoms with Crippen molar-refractivity contribution in [2.45, 2.75) is 18.0 Å². The van der Waals surface area contributed by atoms with Gasteiger partial charge in [0.2, 0.25) is 0 Å². The van der Waals surface area contributed by atoms with Crippen LogP contribution in [0.4, 0.5) is 0 Å². The first-order chi connectivity index (χ1) is 6.95. The van der Waals surface area contributed by atoms with E-state index in [-0.39, 0.29) is 12.4 Å². The predicted molar refractivity (Wildman–Crippen MR) is 65.6 cm³/mol. The Labute approximate surface area is 101 Å². The first kappa shape index (κ1) is 12.7. The molecular weight excluding hydrogens is 230 g/mol. The molecule has 0 aliphatic carbocycles. The number of rotatable bonds is 3. The molecule has 84 valence electrons. The average molecular weight is 246 g/mol. The summed E-state index contributed by atoms with van der Waals surface area (Å²) in [5.41, 5.74) is 0. The van der Waals surface area contributed by atoms with Crippen LogP contribution in [-0.2, 0) is 0 Å². The van der Waals surface area contributed by atoms with Gasteiger partial charge in [-0.15, -0.1) is 12.4 Å². The van der Waals surface area contributed by atoms with Crippen LogP contribution in [0, 0.1) is 5.92 Å². The van der Waals surface area contributed by atoms with E-state index in [9.17, 15) is 0 Å². The van der Waals surface area contributed by atoms with E-state index >= 15 is 0 Å². The molecule has 2 rings (SSSR count). The lowest BCUT2D eigenvalue weighted by Crippen LogP contribution is -2.30. The van der Waals surface area contributed by atoms with Crippen molar-refractivity contribution in [2.75, 3.05) is 18.8 Å². The maximum atomic E-state index is 4.19. The molecule has 1 aliphatic rings. The van der Waals surface area contributed by atoms with E-state index in [1.165, 1.54) is 19.4 Å². The quantitative estimate of drug-likeness (QED) is 0.653. The molecule has 0 amide bonds. The number of hydrogen-bond acceptors (Lipinski definition) is 4. The zero-order chi connectivity index (χ0) is 9.64. The van der Waals surface area contributed by atoms with E-state index in [1.54, 1.807) is 24.2 Å². The van der Waals surface area contributed by atoms with Gasteiger partial charge in [-0.05, 0) is 37.9 Å². The van der Waals surface area contributed by atoms with Crippen molar-refractivity contribution in [3.05, 3.63) is 18.5 Å². The molecule has 0 spiro atoms. The van der Waals surface area contributed by atoms with E-state index in [0.29, 0.717) is 0 Å². The van der Waals surface area contributed by atoms with Gasteiger partial charge in [0.15, 0.2) is 5.16 Å². The molecule has 1 aromatic heterocycles. The summed E-state index contributed by atoms with van der Waals surface area (Å²) in [6, 6.07) is 1.85. The van der Waals surface area contributed by atoms with Crippen molar-refractivity contribution in [2.24, 2.45) is 5.92 Å². The number of nitrogens with zero attached hydrogens (tertiary/aromatic N) is 2. The fourth-order valence-electron chi connectivity index (χ4n) is 1.62. The minimum atomic E-state index is 0. The third-order valence-corrected chi connectivity index (χ3v) is 3.50. The zero-order valence-electron chi connectivity index (χ0n) is 8.56. The average Bonchev–Trinajstić information content (AvgIpc) is 2.29. The molecule has 1 aliphatic heterocycles. The molecule has 0 radical (unpaired) electrons. The fraction of sp³-hybridized carbons (Fsp3) is 0.600. The molecule has 1 unspecified atom stereocenters. The number of aromatic nitrogens is 2. The van der Waals surface area contributed by atoms with Crippen molar-refractivity contribution < 1.29 is 0 Å². The lowest BCUT2D eigenvalue weighted by atomic mass is 10.0. The number of halogens is 1. The number of piperidine rings is 1. The SMILES string of the molecule is Cl.c1cnc(SCC2CCCNC2)nc1. The van der Waals surface area contributed by atoms with Crippen LogP contribution in [0.2, 0.25) is 0 Å². The summed E-state index contributed by atoms with van der Waals surface area (Å²) >= 11 is 1.76. The van der Waals surface area contributed by atoms with E-state index < -0.39 is 0 Å². The van der Waals surface area contributed by atoms with Gasteiger partial charge in [-0.25, -0.2) is 9.97 Å². The summed E-state index contributed by atoms with van der Waals surface area (Å²) in [5, 5.41) is 4.32. The van der Waals surface area contributed by atoms with Crippen LogP contribution in [0.15, 0.2) is 23.6 Å². The number of nitrogens with one attached hydrogen (secondary N) is 1. The summed E-state index contributed by atoms with van der Waals surface area (Å²) in [6.45, 7) is 2.34. The van der Waals surface area contributed by atoms with Gasteiger partial charge in [0.1, 0.15) is 0 Å². The Kier molecular flexibility index (Phi) is 5.98. The van der Waals surface area contributed by atoms with Gasteiger partial charge in [-0.2, -0.15) is 0 Å². The van der Waals surface area contributed by atoms with Gasteiger partial charge in [-0.3, -0.25) is 0 Å². The second-order valence-corrected chi connectivity index (χ2v) is 4.54. The highest BCUT2D eigenvalue weighted by Crippen LogP contribution is 2.20. The van der Waals surface area contributed by atoms with Crippen LogP contribution >= 0.6 is 24.2 Å². The molecule has 3 nitrogen and oxygen atoms in total. The summed E-state index contributed by atoms with van der Waals surface area (Å²) in [6.07, 6.45) is 6.25. The molecule has 1 saturated heterocycles. The van der Waals surface area contributed by atoms with Gasteiger partial charge in [0.05, 0.1) is 0 Å². The molecule has 1 aromatic rings. The Morgan fingerprint density at radius 2 is 2.20 bits per heavy atom. The molecule has 5 heteroatoms. The number of hydrogen-bond donors (Lipinski definition) is 1. The molecule has 0 saturated carbocycles. The van der Waals surface area contributed by atoms with Crippen LogP contribution in [0.1, 0.15) is 12.8 Å². The highest BCUT2D eigenvalue weighted by Gasteiger charge is 2.13. The molecule has 2 heterocycles. The third-order valence-electron chi connectivity index (χ3n) is 2.39. The summed E-state index contributed by atoms with van der Waals surface area (Å²) in [7, 11) is 0. The largest absolute Gasteiger partial charge is 0.316 e. The van der Waals surface area contributed by atoms with Crippen molar-refractivity contribution in [1.29, 1.82) is 0 Å². The van der Waals surface area contributed by atoms with E-state index in [2.05, 4.69) is 15.3 Å². The molecule has 1 N–H and O–H groups in total. The third kappa shape index (κ3) is 4.36. The van der Waals surface area contributed by atoms with Gasteiger partial charge in [-0.1, -0.05) is 11.8 Å². The predicted octanol–water partition coefficient (Wildman–Crippen LogP) is 1.99. The molecule has 1 fully saturated rings. The van der Waals surface area contributed by atoms with Gasteiger partial charge in [0, 0.05) is 18.1 Å². The molecule has 0 bridgehead atoms. The van der Waals surface area contributed by atoms with Crippen LogP contribution in [0.3, 0.4) is 0 Å². The van der Waals surface area contributed by atoms with Gasteiger partial charge in [0.25, 0.3) is 0 Å². The first-order valence-corrected chi connectivity index (χ1v) is 6.04. The first-order valence-electron chi connectivity index (χ1n) is 5.05. The zero-order valence-corrected chi connectivity index (χ0v) is 10.2.